The van der Waals surface area contributed by atoms with E-state index in [2.05, 4.69) is 5.32 Å². The zero-order valence-corrected chi connectivity index (χ0v) is 19.1. The number of benzene rings is 3. The van der Waals surface area contributed by atoms with Crippen LogP contribution in [0.5, 0.6) is 0 Å². The van der Waals surface area contributed by atoms with Crippen LogP contribution in [0.2, 0.25) is 10.0 Å². The highest BCUT2D eigenvalue weighted by Crippen LogP contribution is 2.27. The first-order valence-electron chi connectivity index (χ1n) is 10.2. The molecule has 0 saturated carbocycles. The van der Waals surface area contributed by atoms with Crippen LogP contribution in [0.4, 0.5) is 0 Å². The summed E-state index contributed by atoms with van der Waals surface area (Å²) in [5, 5.41) is 4.58. The summed E-state index contributed by atoms with van der Waals surface area (Å²) in [6.45, 7) is 3.99. The Bertz CT molecular complexity index is 1060. The molecule has 0 aromatic heterocycles. The molecule has 3 rings (SSSR count). The van der Waals surface area contributed by atoms with Crippen LogP contribution in [0, 0.1) is 6.92 Å². The lowest BCUT2D eigenvalue weighted by Crippen LogP contribution is -2.38. The summed E-state index contributed by atoms with van der Waals surface area (Å²) in [5.41, 5.74) is 10.3. The number of hydrogen-bond donors (Lipinski definition) is 2. The van der Waals surface area contributed by atoms with Crippen LogP contribution in [0.25, 0.3) is 6.08 Å². The van der Waals surface area contributed by atoms with Crippen LogP contribution in [0.3, 0.4) is 0 Å². The van der Waals surface area contributed by atoms with Gasteiger partial charge in [-0.15, -0.1) is 0 Å². The summed E-state index contributed by atoms with van der Waals surface area (Å²) >= 11 is 12.1. The van der Waals surface area contributed by atoms with Crippen LogP contribution in [-0.4, -0.2) is 11.9 Å². The van der Waals surface area contributed by atoms with Crippen LogP contribution in [-0.2, 0) is 6.42 Å². The smallest absolute Gasteiger partial charge is 0.252 e. The minimum atomic E-state index is -0.126. The zero-order valence-electron chi connectivity index (χ0n) is 17.6. The molecule has 0 aliphatic heterocycles. The second kappa shape index (κ2) is 10.5. The predicted octanol–water partition coefficient (Wildman–Crippen LogP) is 6.38. The molecule has 0 spiro atoms. The molecule has 5 heteroatoms. The van der Waals surface area contributed by atoms with Gasteiger partial charge in [-0.3, -0.25) is 4.79 Å². The Balaban J connectivity index is 1.88. The third-order valence-electron chi connectivity index (χ3n) is 5.46. The molecule has 0 aliphatic rings. The van der Waals surface area contributed by atoms with Crippen LogP contribution < -0.4 is 11.1 Å². The van der Waals surface area contributed by atoms with E-state index < -0.39 is 0 Å². The summed E-state index contributed by atoms with van der Waals surface area (Å²) in [6.07, 6.45) is 3.97. The van der Waals surface area contributed by atoms with Crippen molar-refractivity contribution in [3.63, 3.8) is 0 Å². The Morgan fingerprint density at radius 2 is 1.61 bits per heavy atom. The largest absolute Gasteiger partial charge is 0.405 e. The second-order valence-corrected chi connectivity index (χ2v) is 8.52. The molecular weight excluding hydrogens is 427 g/mol. The zero-order chi connectivity index (χ0) is 22.4. The van der Waals surface area contributed by atoms with Gasteiger partial charge >= 0.3 is 0 Å². The van der Waals surface area contributed by atoms with Crippen molar-refractivity contribution in [2.45, 2.75) is 32.2 Å². The molecule has 160 valence electrons. The lowest BCUT2D eigenvalue weighted by molar-refractivity contribution is 0.0934. The first-order valence-corrected chi connectivity index (χ1v) is 10.9. The Kier molecular flexibility index (Phi) is 7.78. The van der Waals surface area contributed by atoms with E-state index in [1.165, 1.54) is 6.20 Å². The van der Waals surface area contributed by atoms with E-state index in [-0.39, 0.29) is 17.9 Å². The minimum absolute atomic E-state index is 0.0562. The fourth-order valence-corrected chi connectivity index (χ4v) is 4.00. The highest BCUT2D eigenvalue weighted by atomic mass is 35.5. The fraction of sp³-hybridized carbons (Fsp3) is 0.192. The molecular formula is C26H26Cl2N2O. The molecule has 0 bridgehead atoms. The van der Waals surface area contributed by atoms with Crippen molar-refractivity contribution in [2.24, 2.45) is 5.73 Å². The van der Waals surface area contributed by atoms with E-state index in [0.29, 0.717) is 15.6 Å². The SMILES string of the molecule is Cc1cccc(C(=O)NC(C)[C@H](Cc2ccc(Cl)cc2)c2ccc(Cl)cc2)c1/C=C\N. The summed E-state index contributed by atoms with van der Waals surface area (Å²) in [7, 11) is 0. The van der Waals surface area contributed by atoms with Gasteiger partial charge in [0.2, 0.25) is 0 Å². The molecule has 0 aliphatic carbocycles. The van der Waals surface area contributed by atoms with Gasteiger partial charge in [-0.1, -0.05) is 59.6 Å². The monoisotopic (exact) mass is 452 g/mol. The van der Waals surface area contributed by atoms with Crippen molar-refractivity contribution in [2.75, 3.05) is 0 Å². The molecule has 3 N–H and O–H groups in total. The molecule has 3 aromatic rings. The van der Waals surface area contributed by atoms with Gasteiger partial charge in [0.25, 0.3) is 5.91 Å². The molecule has 0 fully saturated rings. The van der Waals surface area contributed by atoms with E-state index >= 15 is 0 Å². The molecule has 0 saturated heterocycles. The number of halogens is 2. The van der Waals surface area contributed by atoms with E-state index in [4.69, 9.17) is 28.9 Å². The van der Waals surface area contributed by atoms with Crippen molar-refractivity contribution in [1.82, 2.24) is 5.32 Å². The summed E-state index contributed by atoms with van der Waals surface area (Å²) in [6, 6.07) is 21.1. The molecule has 31 heavy (non-hydrogen) atoms. The Morgan fingerprint density at radius 1 is 1.00 bits per heavy atom. The second-order valence-electron chi connectivity index (χ2n) is 7.65. The van der Waals surface area contributed by atoms with E-state index in [1.807, 2.05) is 80.6 Å². The van der Waals surface area contributed by atoms with Crippen molar-refractivity contribution in [3.8, 4) is 0 Å². The highest BCUT2D eigenvalue weighted by molar-refractivity contribution is 6.30. The number of carbonyl (C=O) groups is 1. The molecule has 3 aromatic carbocycles. The first-order chi connectivity index (χ1) is 14.9. The Morgan fingerprint density at radius 3 is 2.23 bits per heavy atom. The molecule has 1 unspecified atom stereocenters. The van der Waals surface area contributed by atoms with Crippen molar-refractivity contribution < 1.29 is 4.79 Å². The lowest BCUT2D eigenvalue weighted by Gasteiger charge is -2.26. The molecule has 1 amide bonds. The van der Waals surface area contributed by atoms with Gasteiger partial charge in [-0.05, 0) is 85.1 Å². The molecule has 0 heterocycles. The number of nitrogens with one attached hydrogen (secondary N) is 1. The van der Waals surface area contributed by atoms with Gasteiger partial charge in [0.15, 0.2) is 0 Å². The van der Waals surface area contributed by atoms with Gasteiger partial charge < -0.3 is 11.1 Å². The lowest BCUT2D eigenvalue weighted by atomic mass is 9.86. The average Bonchev–Trinajstić information content (AvgIpc) is 2.75. The number of nitrogens with two attached hydrogens (primary N) is 1. The first kappa shape index (κ1) is 22.9. The van der Waals surface area contributed by atoms with Gasteiger partial charge in [0.1, 0.15) is 0 Å². The Hall–Kier alpha value is -2.75. The quantitative estimate of drug-likeness (QED) is 0.436. The van der Waals surface area contributed by atoms with Gasteiger partial charge in [-0.25, -0.2) is 0 Å². The summed E-state index contributed by atoms with van der Waals surface area (Å²) < 4.78 is 0. The average molecular weight is 453 g/mol. The number of aryl methyl sites for hydroxylation is 1. The number of hydrogen-bond acceptors (Lipinski definition) is 2. The van der Waals surface area contributed by atoms with Crippen LogP contribution in [0.15, 0.2) is 72.9 Å². The van der Waals surface area contributed by atoms with Crippen LogP contribution >= 0.6 is 23.2 Å². The Labute approximate surface area is 193 Å². The van der Waals surface area contributed by atoms with Gasteiger partial charge in [0.05, 0.1) is 0 Å². The summed E-state index contributed by atoms with van der Waals surface area (Å²) in [4.78, 5) is 13.2. The van der Waals surface area contributed by atoms with Gasteiger partial charge in [-0.2, -0.15) is 0 Å². The normalized spacial score (nSPS) is 13.2. The third-order valence-corrected chi connectivity index (χ3v) is 5.96. The molecule has 2 atom stereocenters. The van der Waals surface area contributed by atoms with Crippen molar-refractivity contribution in [1.29, 1.82) is 0 Å². The molecule has 3 nitrogen and oxygen atoms in total. The van der Waals surface area contributed by atoms with E-state index in [1.54, 1.807) is 6.08 Å². The van der Waals surface area contributed by atoms with Gasteiger partial charge in [0, 0.05) is 27.6 Å². The standard InChI is InChI=1S/C26H26Cl2N2O/c1-17-4-3-5-24(23(17)14-15-29)26(31)30-18(2)25(20-8-12-22(28)13-9-20)16-19-6-10-21(27)11-7-19/h3-15,18,25H,16,29H2,1-2H3,(H,30,31)/b15-14-/t18?,25-/m0/s1. The number of amides is 1. The van der Waals surface area contributed by atoms with E-state index in [9.17, 15) is 4.79 Å². The fourth-order valence-electron chi connectivity index (χ4n) is 3.75. The maximum absolute atomic E-state index is 13.2. The van der Waals surface area contributed by atoms with E-state index in [0.717, 1.165) is 28.7 Å². The van der Waals surface area contributed by atoms with Crippen LogP contribution in [0.1, 0.15) is 45.5 Å². The maximum atomic E-state index is 13.2. The summed E-state index contributed by atoms with van der Waals surface area (Å²) in [5.74, 6) is -0.0694. The third kappa shape index (κ3) is 5.90. The highest BCUT2D eigenvalue weighted by Gasteiger charge is 2.23. The predicted molar refractivity (Wildman–Crippen MR) is 131 cm³/mol. The number of rotatable bonds is 7. The van der Waals surface area contributed by atoms with Crippen molar-refractivity contribution in [3.05, 3.63) is 111 Å². The minimum Gasteiger partial charge on any atom is -0.405 e. The number of carbonyl (C=O) groups excluding carboxylic acids is 1. The topological polar surface area (TPSA) is 55.1 Å². The molecule has 0 radical (unpaired) electrons. The van der Waals surface area contributed by atoms with Crippen molar-refractivity contribution >= 4 is 35.2 Å². The maximum Gasteiger partial charge on any atom is 0.252 e.